The monoisotopic (exact) mass is 262 g/mol. The highest BCUT2D eigenvalue weighted by Crippen LogP contribution is 2.17. The number of pyridine rings is 1. The molecule has 0 spiro atoms. The molecule has 0 bridgehead atoms. The van der Waals surface area contributed by atoms with Crippen molar-refractivity contribution in [3.8, 4) is 0 Å². The minimum Gasteiger partial charge on any atom is -0.317 e. The minimum absolute atomic E-state index is 0. The lowest BCUT2D eigenvalue weighted by molar-refractivity contribution is 0.465. The summed E-state index contributed by atoms with van der Waals surface area (Å²) in [6, 6.07) is 6.20. The van der Waals surface area contributed by atoms with E-state index in [4.69, 9.17) is 0 Å². The number of nitrogens with zero attached hydrogens (tertiary/aromatic N) is 1. The van der Waals surface area contributed by atoms with Crippen LogP contribution in [0.5, 0.6) is 0 Å². The molecule has 1 aromatic heterocycles. The van der Waals surface area contributed by atoms with E-state index in [-0.39, 0.29) is 24.8 Å². The molecule has 0 radical (unpaired) electrons. The highest BCUT2D eigenvalue weighted by atomic mass is 35.5. The van der Waals surface area contributed by atoms with E-state index in [0.717, 1.165) is 12.3 Å². The topological polar surface area (TPSA) is 24.9 Å². The maximum atomic E-state index is 4.38. The van der Waals surface area contributed by atoms with Gasteiger partial charge in [-0.25, -0.2) is 0 Å². The molecule has 1 unspecified atom stereocenters. The van der Waals surface area contributed by atoms with Crippen LogP contribution in [0.2, 0.25) is 0 Å². The first kappa shape index (κ1) is 15.7. The number of hydrogen-bond acceptors (Lipinski definition) is 2. The largest absolute Gasteiger partial charge is 0.317 e. The van der Waals surface area contributed by atoms with Gasteiger partial charge in [0.25, 0.3) is 0 Å². The summed E-state index contributed by atoms with van der Waals surface area (Å²) in [7, 11) is 0. The second kappa shape index (κ2) is 8.80. The summed E-state index contributed by atoms with van der Waals surface area (Å²) in [6.07, 6.45) is 7.02. The molecule has 0 amide bonds. The van der Waals surface area contributed by atoms with Crippen LogP contribution in [0.25, 0.3) is 0 Å². The summed E-state index contributed by atoms with van der Waals surface area (Å²) in [6.45, 7) is 2.37. The summed E-state index contributed by atoms with van der Waals surface area (Å²) >= 11 is 0. The molecule has 92 valence electrons. The number of hydrogen-bond donors (Lipinski definition) is 1. The van der Waals surface area contributed by atoms with E-state index < -0.39 is 0 Å². The Balaban J connectivity index is 0.00000112. The Bertz CT molecular complexity index is 259. The molecular formula is C12H20Cl2N2. The van der Waals surface area contributed by atoms with Crippen LogP contribution in [0, 0.1) is 5.92 Å². The molecule has 1 aliphatic heterocycles. The fraction of sp³-hybridized carbons (Fsp3) is 0.583. The fourth-order valence-electron chi connectivity index (χ4n) is 2.11. The Morgan fingerprint density at radius 3 is 2.81 bits per heavy atom. The van der Waals surface area contributed by atoms with E-state index in [9.17, 15) is 0 Å². The molecule has 1 saturated heterocycles. The van der Waals surface area contributed by atoms with Gasteiger partial charge < -0.3 is 5.32 Å². The predicted octanol–water partition coefficient (Wildman–Crippen LogP) is 2.86. The van der Waals surface area contributed by atoms with Gasteiger partial charge in [-0.2, -0.15) is 0 Å². The predicted molar refractivity (Wildman–Crippen MR) is 72.6 cm³/mol. The van der Waals surface area contributed by atoms with Gasteiger partial charge in [0, 0.05) is 11.9 Å². The van der Waals surface area contributed by atoms with Crippen molar-refractivity contribution >= 4 is 24.8 Å². The lowest BCUT2D eigenvalue weighted by atomic mass is 9.95. The van der Waals surface area contributed by atoms with E-state index in [1.165, 1.54) is 38.0 Å². The number of halogens is 2. The number of nitrogens with one attached hydrogen (secondary N) is 1. The highest BCUT2D eigenvalue weighted by Gasteiger charge is 2.12. The summed E-state index contributed by atoms with van der Waals surface area (Å²) in [4.78, 5) is 4.38. The van der Waals surface area contributed by atoms with Gasteiger partial charge in [-0.3, -0.25) is 4.98 Å². The summed E-state index contributed by atoms with van der Waals surface area (Å²) in [5, 5.41) is 3.44. The Morgan fingerprint density at radius 1 is 1.19 bits per heavy atom. The fourth-order valence-corrected chi connectivity index (χ4v) is 2.11. The van der Waals surface area contributed by atoms with Gasteiger partial charge in [0.1, 0.15) is 0 Å². The van der Waals surface area contributed by atoms with E-state index in [0.29, 0.717) is 0 Å². The molecule has 0 saturated carbocycles. The molecule has 1 N–H and O–H groups in total. The van der Waals surface area contributed by atoms with Crippen LogP contribution in [-0.4, -0.2) is 18.1 Å². The molecule has 1 aromatic rings. The maximum Gasteiger partial charge on any atom is 0.0406 e. The Labute approximate surface area is 110 Å². The van der Waals surface area contributed by atoms with Crippen LogP contribution in [0.4, 0.5) is 0 Å². The smallest absolute Gasteiger partial charge is 0.0406 e. The van der Waals surface area contributed by atoms with Gasteiger partial charge in [0.05, 0.1) is 0 Å². The normalized spacial score (nSPS) is 20.1. The van der Waals surface area contributed by atoms with Crippen LogP contribution >= 0.6 is 24.8 Å². The van der Waals surface area contributed by atoms with E-state index in [1.807, 2.05) is 12.3 Å². The third-order valence-electron chi connectivity index (χ3n) is 2.92. The molecule has 1 aliphatic rings. The first-order valence-electron chi connectivity index (χ1n) is 5.56. The van der Waals surface area contributed by atoms with E-state index >= 15 is 0 Å². The molecule has 0 aromatic carbocycles. The van der Waals surface area contributed by atoms with Crippen molar-refractivity contribution in [3.05, 3.63) is 30.1 Å². The van der Waals surface area contributed by atoms with E-state index in [1.54, 1.807) is 0 Å². The van der Waals surface area contributed by atoms with Crippen LogP contribution in [-0.2, 0) is 6.42 Å². The lowest BCUT2D eigenvalue weighted by Crippen LogP contribution is -2.14. The van der Waals surface area contributed by atoms with Crippen molar-refractivity contribution in [1.29, 1.82) is 0 Å². The van der Waals surface area contributed by atoms with Gasteiger partial charge in [0.15, 0.2) is 0 Å². The van der Waals surface area contributed by atoms with E-state index in [2.05, 4.69) is 22.4 Å². The molecule has 2 heterocycles. The zero-order chi connectivity index (χ0) is 9.64. The Kier molecular flexibility index (Phi) is 8.63. The van der Waals surface area contributed by atoms with Crippen LogP contribution in [0.1, 0.15) is 25.0 Å². The average molecular weight is 263 g/mol. The van der Waals surface area contributed by atoms with Crippen LogP contribution in [0.15, 0.2) is 24.4 Å². The second-order valence-electron chi connectivity index (χ2n) is 4.07. The zero-order valence-electron chi connectivity index (χ0n) is 9.39. The SMILES string of the molecule is Cl.Cl.c1ccc(CC2CCCNCC2)nc1. The van der Waals surface area contributed by atoms with Gasteiger partial charge >= 0.3 is 0 Å². The maximum absolute atomic E-state index is 4.38. The second-order valence-corrected chi connectivity index (χ2v) is 4.07. The van der Waals surface area contributed by atoms with Crippen molar-refractivity contribution in [2.75, 3.05) is 13.1 Å². The quantitative estimate of drug-likeness (QED) is 0.887. The van der Waals surface area contributed by atoms with Crippen molar-refractivity contribution in [2.24, 2.45) is 5.92 Å². The molecule has 2 nitrogen and oxygen atoms in total. The highest BCUT2D eigenvalue weighted by molar-refractivity contribution is 5.85. The molecule has 1 fully saturated rings. The third-order valence-corrected chi connectivity index (χ3v) is 2.92. The molecule has 1 atom stereocenters. The average Bonchev–Trinajstić information content (AvgIpc) is 2.48. The van der Waals surface area contributed by atoms with Crippen molar-refractivity contribution < 1.29 is 0 Å². The van der Waals surface area contributed by atoms with Gasteiger partial charge in [0.2, 0.25) is 0 Å². The summed E-state index contributed by atoms with van der Waals surface area (Å²) < 4.78 is 0. The molecule has 16 heavy (non-hydrogen) atoms. The third kappa shape index (κ3) is 5.15. The Hall–Kier alpha value is -0.310. The summed E-state index contributed by atoms with van der Waals surface area (Å²) in [5.74, 6) is 0.833. The van der Waals surface area contributed by atoms with Gasteiger partial charge in [-0.1, -0.05) is 6.07 Å². The minimum atomic E-state index is 0. The van der Waals surface area contributed by atoms with Crippen LogP contribution < -0.4 is 5.32 Å². The number of rotatable bonds is 2. The molecule has 4 heteroatoms. The Morgan fingerprint density at radius 2 is 2.06 bits per heavy atom. The van der Waals surface area contributed by atoms with Gasteiger partial charge in [-0.05, 0) is 56.8 Å². The number of aromatic nitrogens is 1. The molecule has 0 aliphatic carbocycles. The van der Waals surface area contributed by atoms with Crippen LogP contribution in [0.3, 0.4) is 0 Å². The van der Waals surface area contributed by atoms with Crippen molar-refractivity contribution in [2.45, 2.75) is 25.7 Å². The van der Waals surface area contributed by atoms with Crippen molar-refractivity contribution in [3.63, 3.8) is 0 Å². The first-order valence-corrected chi connectivity index (χ1v) is 5.56. The molecule has 2 rings (SSSR count). The first-order chi connectivity index (χ1) is 6.95. The summed E-state index contributed by atoms with van der Waals surface area (Å²) in [5.41, 5.74) is 1.25. The van der Waals surface area contributed by atoms with Crippen molar-refractivity contribution in [1.82, 2.24) is 10.3 Å². The lowest BCUT2D eigenvalue weighted by Gasteiger charge is -2.12. The standard InChI is InChI=1S/C12H18N2.2ClH/c1-2-8-14-12(5-1)10-11-4-3-7-13-9-6-11;;/h1-2,5,8,11,13H,3-4,6-7,9-10H2;2*1H. The molecular weight excluding hydrogens is 243 g/mol. The zero-order valence-corrected chi connectivity index (χ0v) is 11.0. The van der Waals surface area contributed by atoms with Gasteiger partial charge in [-0.15, -0.1) is 24.8 Å².